The van der Waals surface area contributed by atoms with Crippen LogP contribution in [0.3, 0.4) is 0 Å². The quantitative estimate of drug-likeness (QED) is 0.694. The number of carbonyl (C=O) groups is 1. The van der Waals surface area contributed by atoms with Crippen molar-refractivity contribution in [2.75, 3.05) is 0 Å². The average molecular weight is 284 g/mol. The van der Waals surface area contributed by atoms with Gasteiger partial charge in [0.05, 0.1) is 5.56 Å². The zero-order valence-electron chi connectivity index (χ0n) is 10.4. The number of hydrogen-bond donors (Lipinski definition) is 0. The van der Waals surface area contributed by atoms with Crippen molar-refractivity contribution in [2.24, 2.45) is 0 Å². The van der Waals surface area contributed by atoms with E-state index in [1.807, 2.05) is 0 Å². The van der Waals surface area contributed by atoms with Crippen LogP contribution < -0.4 is 0 Å². The van der Waals surface area contributed by atoms with Gasteiger partial charge in [-0.05, 0) is 36.4 Å². The topological polar surface area (TPSA) is 47.8 Å². The number of pyridine rings is 1. The molecule has 98 valence electrons. The first-order valence-corrected chi connectivity index (χ1v) is 6.37. The summed E-state index contributed by atoms with van der Waals surface area (Å²) in [4.78, 5) is 20.8. The fourth-order valence-corrected chi connectivity index (χ4v) is 2.05. The molecule has 3 rings (SSSR count). The number of imidazole rings is 1. The molecular formula is C15H10ClN3O. The summed E-state index contributed by atoms with van der Waals surface area (Å²) >= 11 is 5.84. The summed E-state index contributed by atoms with van der Waals surface area (Å²) in [6.45, 7) is 0. The maximum atomic E-state index is 12.6. The van der Waals surface area contributed by atoms with Crippen molar-refractivity contribution in [1.82, 2.24) is 14.5 Å². The van der Waals surface area contributed by atoms with Crippen LogP contribution in [0, 0.1) is 0 Å². The van der Waals surface area contributed by atoms with Crippen LogP contribution in [0.15, 0.2) is 61.3 Å². The third kappa shape index (κ3) is 2.33. The standard InChI is InChI=1S/C15H10ClN3O/c16-12-5-3-11(4-6-12)14(20)13-2-1-7-18-15(13)19-9-8-17-10-19/h1-10H. The van der Waals surface area contributed by atoms with Gasteiger partial charge in [-0.15, -0.1) is 0 Å². The van der Waals surface area contributed by atoms with Crippen LogP contribution in [0.25, 0.3) is 5.82 Å². The van der Waals surface area contributed by atoms with Crippen molar-refractivity contribution >= 4 is 17.4 Å². The van der Waals surface area contributed by atoms with Gasteiger partial charge < -0.3 is 0 Å². The summed E-state index contributed by atoms with van der Waals surface area (Å²) in [5.74, 6) is 0.461. The van der Waals surface area contributed by atoms with Gasteiger partial charge in [-0.3, -0.25) is 9.36 Å². The van der Waals surface area contributed by atoms with E-state index in [2.05, 4.69) is 9.97 Å². The van der Waals surface area contributed by atoms with Crippen molar-refractivity contribution in [1.29, 1.82) is 0 Å². The average Bonchev–Trinajstić information content (AvgIpc) is 3.01. The molecule has 4 nitrogen and oxygen atoms in total. The van der Waals surface area contributed by atoms with E-state index in [0.29, 0.717) is 22.0 Å². The maximum Gasteiger partial charge on any atom is 0.196 e. The molecule has 0 aliphatic heterocycles. The predicted molar refractivity (Wildman–Crippen MR) is 76.2 cm³/mol. The maximum absolute atomic E-state index is 12.6. The third-order valence-corrected chi connectivity index (χ3v) is 3.14. The van der Waals surface area contributed by atoms with Gasteiger partial charge in [-0.1, -0.05) is 11.6 Å². The molecule has 3 aromatic rings. The number of carbonyl (C=O) groups excluding carboxylic acids is 1. The van der Waals surface area contributed by atoms with Crippen LogP contribution >= 0.6 is 11.6 Å². The number of aromatic nitrogens is 3. The highest BCUT2D eigenvalue weighted by molar-refractivity contribution is 6.30. The fourth-order valence-electron chi connectivity index (χ4n) is 1.92. The summed E-state index contributed by atoms with van der Waals surface area (Å²) in [5, 5.41) is 0.600. The van der Waals surface area contributed by atoms with E-state index in [9.17, 15) is 4.79 Å². The second kappa shape index (κ2) is 5.27. The highest BCUT2D eigenvalue weighted by atomic mass is 35.5. The highest BCUT2D eigenvalue weighted by Gasteiger charge is 2.15. The Morgan fingerprint density at radius 3 is 2.60 bits per heavy atom. The Morgan fingerprint density at radius 2 is 1.90 bits per heavy atom. The van der Waals surface area contributed by atoms with Gasteiger partial charge in [0, 0.05) is 29.2 Å². The highest BCUT2D eigenvalue weighted by Crippen LogP contribution is 2.17. The van der Waals surface area contributed by atoms with Gasteiger partial charge in [0.1, 0.15) is 12.1 Å². The first kappa shape index (κ1) is 12.6. The van der Waals surface area contributed by atoms with Crippen LogP contribution in [-0.2, 0) is 0 Å². The van der Waals surface area contributed by atoms with Crippen LogP contribution in [0.1, 0.15) is 15.9 Å². The van der Waals surface area contributed by atoms with Crippen molar-refractivity contribution in [3.05, 3.63) is 77.5 Å². The van der Waals surface area contributed by atoms with E-state index >= 15 is 0 Å². The lowest BCUT2D eigenvalue weighted by Crippen LogP contribution is -2.08. The van der Waals surface area contributed by atoms with Gasteiger partial charge in [0.15, 0.2) is 5.78 Å². The van der Waals surface area contributed by atoms with Gasteiger partial charge in [0.2, 0.25) is 0 Å². The Balaban J connectivity index is 2.06. The largest absolute Gasteiger partial charge is 0.290 e. The lowest BCUT2D eigenvalue weighted by atomic mass is 10.0. The third-order valence-electron chi connectivity index (χ3n) is 2.89. The molecule has 5 heteroatoms. The number of ketones is 1. The molecule has 0 amide bonds. The summed E-state index contributed by atoms with van der Waals surface area (Å²) in [6, 6.07) is 10.3. The smallest absolute Gasteiger partial charge is 0.196 e. The Labute approximate surface area is 120 Å². The predicted octanol–water partition coefficient (Wildman–Crippen LogP) is 3.15. The minimum absolute atomic E-state index is 0.0986. The first-order chi connectivity index (χ1) is 9.75. The number of benzene rings is 1. The molecular weight excluding hydrogens is 274 g/mol. The zero-order valence-corrected chi connectivity index (χ0v) is 11.2. The Morgan fingerprint density at radius 1 is 1.10 bits per heavy atom. The monoisotopic (exact) mass is 283 g/mol. The molecule has 2 aromatic heterocycles. The zero-order chi connectivity index (χ0) is 13.9. The van der Waals surface area contributed by atoms with Crippen molar-refractivity contribution in [2.45, 2.75) is 0 Å². The Bertz CT molecular complexity index is 736. The van der Waals surface area contributed by atoms with E-state index < -0.39 is 0 Å². The van der Waals surface area contributed by atoms with Gasteiger partial charge in [-0.25, -0.2) is 9.97 Å². The molecule has 0 aliphatic rings. The van der Waals surface area contributed by atoms with Gasteiger partial charge in [-0.2, -0.15) is 0 Å². The SMILES string of the molecule is O=C(c1ccc(Cl)cc1)c1cccnc1-n1ccnc1. The van der Waals surface area contributed by atoms with Crippen LogP contribution in [0.4, 0.5) is 0 Å². The molecule has 0 radical (unpaired) electrons. The molecule has 20 heavy (non-hydrogen) atoms. The molecule has 0 spiro atoms. The van der Waals surface area contributed by atoms with Crippen LogP contribution in [0.5, 0.6) is 0 Å². The van der Waals surface area contributed by atoms with E-state index in [1.165, 1.54) is 0 Å². The lowest BCUT2D eigenvalue weighted by molar-refractivity contribution is 0.103. The van der Waals surface area contributed by atoms with E-state index in [1.54, 1.807) is 65.9 Å². The molecule has 0 saturated carbocycles. The van der Waals surface area contributed by atoms with Crippen molar-refractivity contribution < 1.29 is 4.79 Å². The Hall–Kier alpha value is -2.46. The first-order valence-electron chi connectivity index (χ1n) is 5.99. The molecule has 0 bridgehead atoms. The summed E-state index contributed by atoms with van der Waals surface area (Å²) in [5.41, 5.74) is 1.09. The molecule has 0 fully saturated rings. The molecule has 0 saturated heterocycles. The molecule has 0 N–H and O–H groups in total. The molecule has 0 atom stereocenters. The number of rotatable bonds is 3. The Kier molecular flexibility index (Phi) is 3.31. The van der Waals surface area contributed by atoms with Crippen molar-refractivity contribution in [3.8, 4) is 5.82 Å². The van der Waals surface area contributed by atoms with Crippen molar-refractivity contribution in [3.63, 3.8) is 0 Å². The van der Waals surface area contributed by atoms with E-state index in [-0.39, 0.29) is 5.78 Å². The number of halogens is 1. The van der Waals surface area contributed by atoms with Gasteiger partial charge in [0.25, 0.3) is 0 Å². The second-order valence-electron chi connectivity index (χ2n) is 4.18. The van der Waals surface area contributed by atoms with E-state index in [0.717, 1.165) is 0 Å². The second-order valence-corrected chi connectivity index (χ2v) is 4.62. The fraction of sp³-hybridized carbons (Fsp3) is 0. The molecule has 2 heterocycles. The number of nitrogens with zero attached hydrogens (tertiary/aromatic N) is 3. The molecule has 0 unspecified atom stereocenters. The number of hydrogen-bond acceptors (Lipinski definition) is 3. The minimum Gasteiger partial charge on any atom is -0.290 e. The lowest BCUT2D eigenvalue weighted by Gasteiger charge is -2.08. The molecule has 1 aromatic carbocycles. The van der Waals surface area contributed by atoms with Gasteiger partial charge >= 0.3 is 0 Å². The van der Waals surface area contributed by atoms with E-state index in [4.69, 9.17) is 11.6 Å². The molecule has 0 aliphatic carbocycles. The summed E-state index contributed by atoms with van der Waals surface area (Å²) < 4.78 is 1.71. The summed E-state index contributed by atoms with van der Waals surface area (Å²) in [7, 11) is 0. The van der Waals surface area contributed by atoms with Crippen LogP contribution in [0.2, 0.25) is 5.02 Å². The summed E-state index contributed by atoms with van der Waals surface area (Å²) in [6.07, 6.45) is 6.65. The van der Waals surface area contributed by atoms with Crippen LogP contribution in [-0.4, -0.2) is 20.3 Å². The normalized spacial score (nSPS) is 10.4. The minimum atomic E-state index is -0.0986.